The van der Waals surface area contributed by atoms with Gasteiger partial charge in [-0.05, 0) is 55.3 Å². The van der Waals surface area contributed by atoms with Gasteiger partial charge in [0.1, 0.15) is 5.69 Å². The molecule has 1 heterocycles. The molecule has 1 aromatic carbocycles. The van der Waals surface area contributed by atoms with Crippen molar-refractivity contribution in [3.63, 3.8) is 0 Å². The lowest BCUT2D eigenvalue weighted by Crippen LogP contribution is -2.47. The number of nitrogens with zero attached hydrogens (tertiary/aromatic N) is 4. The van der Waals surface area contributed by atoms with Crippen LogP contribution in [0.25, 0.3) is 21.3 Å². The van der Waals surface area contributed by atoms with Gasteiger partial charge < -0.3 is 4.98 Å². The molecule has 1 aliphatic carbocycles. The standard InChI is InChI=1S/C16H18Cl2N6O/c17-12-5-6-13(18)15-11(12)7-14(22-15)16(25)24(20)10-3-1-9(2-4-10)8-21-23-19/h5-7,9-10,22H,1-4,8,20H2. The van der Waals surface area contributed by atoms with Crippen molar-refractivity contribution in [3.8, 4) is 0 Å². The SMILES string of the molecule is [N-]=[N+]=NCC1CCC(N(N)C(=O)c2cc3c(Cl)ccc(Cl)c3[nH]2)CC1. The molecule has 1 saturated carbocycles. The number of aromatic amines is 1. The number of hydrogen-bond acceptors (Lipinski definition) is 3. The zero-order chi connectivity index (χ0) is 18.0. The number of hydrazine groups is 1. The third-order valence-corrected chi connectivity index (χ3v) is 5.41. The van der Waals surface area contributed by atoms with Gasteiger partial charge in [-0.25, -0.2) is 5.84 Å². The van der Waals surface area contributed by atoms with E-state index >= 15 is 0 Å². The maximum atomic E-state index is 12.7. The lowest BCUT2D eigenvalue weighted by Gasteiger charge is -2.33. The number of nitrogens with one attached hydrogen (secondary N) is 1. The van der Waals surface area contributed by atoms with Crippen molar-refractivity contribution in [2.24, 2.45) is 16.9 Å². The maximum Gasteiger partial charge on any atom is 0.284 e. The van der Waals surface area contributed by atoms with E-state index in [2.05, 4.69) is 15.0 Å². The second kappa shape index (κ2) is 7.54. The Morgan fingerprint density at radius 2 is 2.00 bits per heavy atom. The van der Waals surface area contributed by atoms with Crippen molar-refractivity contribution in [1.29, 1.82) is 0 Å². The molecule has 9 heteroatoms. The molecule has 132 valence electrons. The molecule has 1 amide bonds. The van der Waals surface area contributed by atoms with E-state index in [-0.39, 0.29) is 11.9 Å². The Balaban J connectivity index is 1.72. The van der Waals surface area contributed by atoms with Crippen molar-refractivity contribution < 1.29 is 4.79 Å². The van der Waals surface area contributed by atoms with Crippen molar-refractivity contribution >= 4 is 40.0 Å². The number of carbonyl (C=O) groups excluding carboxylic acids is 1. The topological polar surface area (TPSA) is 111 Å². The first-order chi connectivity index (χ1) is 12.0. The van der Waals surface area contributed by atoms with E-state index in [0.717, 1.165) is 25.7 Å². The fourth-order valence-electron chi connectivity index (χ4n) is 3.33. The van der Waals surface area contributed by atoms with Crippen LogP contribution in [0.2, 0.25) is 10.0 Å². The number of halogens is 2. The molecule has 0 aliphatic heterocycles. The molecule has 0 radical (unpaired) electrons. The van der Waals surface area contributed by atoms with E-state index < -0.39 is 0 Å². The molecule has 3 N–H and O–H groups in total. The zero-order valence-corrected chi connectivity index (χ0v) is 15.0. The van der Waals surface area contributed by atoms with Gasteiger partial charge in [0.05, 0.1) is 15.6 Å². The summed E-state index contributed by atoms with van der Waals surface area (Å²) in [5.41, 5.74) is 9.39. The number of fused-ring (bicyclic) bond motifs is 1. The Morgan fingerprint density at radius 1 is 1.32 bits per heavy atom. The van der Waals surface area contributed by atoms with E-state index in [1.54, 1.807) is 18.2 Å². The van der Waals surface area contributed by atoms with Crippen molar-refractivity contribution in [3.05, 3.63) is 44.4 Å². The Labute approximate surface area is 154 Å². The summed E-state index contributed by atoms with van der Waals surface area (Å²) in [5.74, 6) is 6.16. The fraction of sp³-hybridized carbons (Fsp3) is 0.438. The van der Waals surface area contributed by atoms with Gasteiger partial charge in [0, 0.05) is 22.9 Å². The normalized spacial score (nSPS) is 20.3. The van der Waals surface area contributed by atoms with E-state index in [4.69, 9.17) is 34.6 Å². The molecular weight excluding hydrogens is 363 g/mol. The monoisotopic (exact) mass is 380 g/mol. The minimum atomic E-state index is -0.290. The number of aromatic nitrogens is 1. The van der Waals surface area contributed by atoms with Crippen LogP contribution in [0.4, 0.5) is 0 Å². The molecule has 0 spiro atoms. The lowest BCUT2D eigenvalue weighted by atomic mass is 9.86. The summed E-state index contributed by atoms with van der Waals surface area (Å²) in [5, 5.41) is 6.64. The highest BCUT2D eigenvalue weighted by atomic mass is 35.5. The van der Waals surface area contributed by atoms with Crippen LogP contribution in [0, 0.1) is 5.92 Å². The predicted octanol–water partition coefficient (Wildman–Crippen LogP) is 4.66. The van der Waals surface area contributed by atoms with Crippen LogP contribution in [0.1, 0.15) is 36.2 Å². The summed E-state index contributed by atoms with van der Waals surface area (Å²) in [6, 6.07) is 5.02. The minimum absolute atomic E-state index is 0.0350. The first-order valence-electron chi connectivity index (χ1n) is 8.07. The van der Waals surface area contributed by atoms with Crippen LogP contribution in [-0.4, -0.2) is 28.5 Å². The molecule has 25 heavy (non-hydrogen) atoms. The maximum absolute atomic E-state index is 12.7. The number of hydrogen-bond donors (Lipinski definition) is 2. The molecule has 1 aromatic heterocycles. The van der Waals surface area contributed by atoms with E-state index in [0.29, 0.717) is 39.1 Å². The number of H-pyrrole nitrogens is 1. The van der Waals surface area contributed by atoms with Gasteiger partial charge in [-0.15, -0.1) is 0 Å². The van der Waals surface area contributed by atoms with Crippen LogP contribution in [0.15, 0.2) is 23.3 Å². The Hall–Kier alpha value is -1.92. The third-order valence-electron chi connectivity index (χ3n) is 4.77. The van der Waals surface area contributed by atoms with Gasteiger partial charge in [-0.2, -0.15) is 0 Å². The van der Waals surface area contributed by atoms with E-state index in [1.807, 2.05) is 0 Å². The number of rotatable bonds is 4. The van der Waals surface area contributed by atoms with E-state index in [9.17, 15) is 4.79 Å². The highest BCUT2D eigenvalue weighted by Crippen LogP contribution is 2.31. The highest BCUT2D eigenvalue weighted by Gasteiger charge is 2.28. The molecule has 2 aromatic rings. The number of azide groups is 1. The molecule has 3 rings (SSSR count). The van der Waals surface area contributed by atoms with Crippen molar-refractivity contribution in [2.75, 3.05) is 6.54 Å². The van der Waals surface area contributed by atoms with Crippen LogP contribution in [-0.2, 0) is 0 Å². The average molecular weight is 381 g/mol. The minimum Gasteiger partial charge on any atom is -0.349 e. The molecular formula is C16H18Cl2N6O. The summed E-state index contributed by atoms with van der Waals surface area (Å²) >= 11 is 12.3. The number of amides is 1. The summed E-state index contributed by atoms with van der Waals surface area (Å²) in [6.07, 6.45) is 3.34. The molecule has 1 fully saturated rings. The first-order valence-corrected chi connectivity index (χ1v) is 8.82. The summed E-state index contributed by atoms with van der Waals surface area (Å²) in [7, 11) is 0. The Kier molecular flexibility index (Phi) is 5.39. The predicted molar refractivity (Wildman–Crippen MR) is 98.4 cm³/mol. The summed E-state index contributed by atoms with van der Waals surface area (Å²) in [4.78, 5) is 18.5. The smallest absolute Gasteiger partial charge is 0.284 e. The molecule has 0 saturated heterocycles. The number of carbonyl (C=O) groups is 1. The van der Waals surface area contributed by atoms with Crippen LogP contribution in [0.3, 0.4) is 0 Å². The van der Waals surface area contributed by atoms with Crippen molar-refractivity contribution in [2.45, 2.75) is 31.7 Å². The molecule has 0 unspecified atom stereocenters. The molecule has 1 aliphatic rings. The number of benzene rings is 1. The molecule has 0 bridgehead atoms. The Morgan fingerprint density at radius 3 is 2.64 bits per heavy atom. The second-order valence-electron chi connectivity index (χ2n) is 6.30. The van der Waals surface area contributed by atoms with Gasteiger partial charge in [-0.1, -0.05) is 28.3 Å². The van der Waals surface area contributed by atoms with Gasteiger partial charge in [0.2, 0.25) is 0 Å². The zero-order valence-electron chi connectivity index (χ0n) is 13.5. The average Bonchev–Trinajstić information content (AvgIpc) is 3.09. The highest BCUT2D eigenvalue weighted by molar-refractivity contribution is 6.40. The van der Waals surface area contributed by atoms with Gasteiger partial charge in [0.25, 0.3) is 5.91 Å². The Bertz CT molecular complexity index is 798. The van der Waals surface area contributed by atoms with Crippen LogP contribution < -0.4 is 5.84 Å². The number of nitrogens with two attached hydrogens (primary N) is 1. The summed E-state index contributed by atoms with van der Waals surface area (Å²) < 4.78 is 0. The third kappa shape index (κ3) is 3.70. The molecule has 7 nitrogen and oxygen atoms in total. The summed E-state index contributed by atoms with van der Waals surface area (Å²) in [6.45, 7) is 0.501. The van der Waals surface area contributed by atoms with Crippen LogP contribution >= 0.6 is 23.2 Å². The fourth-order valence-corrected chi connectivity index (χ4v) is 3.75. The second-order valence-corrected chi connectivity index (χ2v) is 7.12. The van der Waals surface area contributed by atoms with Gasteiger partial charge in [-0.3, -0.25) is 9.80 Å². The molecule has 0 atom stereocenters. The van der Waals surface area contributed by atoms with Crippen LogP contribution in [0.5, 0.6) is 0 Å². The first kappa shape index (κ1) is 17.9. The van der Waals surface area contributed by atoms with Crippen molar-refractivity contribution in [1.82, 2.24) is 9.99 Å². The van der Waals surface area contributed by atoms with Gasteiger partial charge in [0.15, 0.2) is 0 Å². The lowest BCUT2D eigenvalue weighted by molar-refractivity contribution is 0.0606. The quantitative estimate of drug-likeness (QED) is 0.200. The van der Waals surface area contributed by atoms with Gasteiger partial charge >= 0.3 is 0 Å². The largest absolute Gasteiger partial charge is 0.349 e. The van der Waals surface area contributed by atoms with E-state index in [1.165, 1.54) is 5.01 Å².